The van der Waals surface area contributed by atoms with Crippen LogP contribution in [0.25, 0.3) is 0 Å². The molecule has 1 N–H and O–H groups in total. The summed E-state index contributed by atoms with van der Waals surface area (Å²) in [6.45, 7) is 0. The quantitative estimate of drug-likeness (QED) is 0.833. The van der Waals surface area contributed by atoms with E-state index < -0.39 is 5.97 Å². The predicted molar refractivity (Wildman–Crippen MR) is 79.2 cm³/mol. The lowest BCUT2D eigenvalue weighted by Crippen LogP contribution is -2.00. The van der Waals surface area contributed by atoms with Crippen molar-refractivity contribution in [2.75, 3.05) is 7.11 Å². The van der Waals surface area contributed by atoms with E-state index in [9.17, 15) is 4.79 Å². The first kappa shape index (κ1) is 13.7. The molecular formula is C14H11IO4. The van der Waals surface area contributed by atoms with E-state index in [1.54, 1.807) is 12.1 Å². The van der Waals surface area contributed by atoms with E-state index in [1.807, 2.05) is 24.3 Å². The lowest BCUT2D eigenvalue weighted by Gasteiger charge is -2.09. The first-order valence-electron chi connectivity index (χ1n) is 5.45. The second-order valence-electron chi connectivity index (χ2n) is 3.72. The van der Waals surface area contributed by atoms with E-state index in [0.717, 1.165) is 3.57 Å². The van der Waals surface area contributed by atoms with Crippen molar-refractivity contribution in [3.63, 3.8) is 0 Å². The van der Waals surface area contributed by atoms with Crippen LogP contribution in [0.4, 0.5) is 0 Å². The molecule has 5 heteroatoms. The summed E-state index contributed by atoms with van der Waals surface area (Å²) in [5, 5.41) is 9.09. The van der Waals surface area contributed by atoms with Crippen molar-refractivity contribution in [2.24, 2.45) is 0 Å². The number of ether oxygens (including phenoxy) is 2. The van der Waals surface area contributed by atoms with Crippen molar-refractivity contribution >= 4 is 28.6 Å². The molecule has 2 rings (SSSR count). The number of carboxylic acid groups (broad SMARTS) is 1. The molecule has 0 aliphatic carbocycles. The van der Waals surface area contributed by atoms with Crippen LogP contribution in [0, 0.1) is 3.57 Å². The fourth-order valence-corrected chi connectivity index (χ4v) is 1.92. The van der Waals surface area contributed by atoms with Crippen molar-refractivity contribution in [3.05, 3.63) is 51.6 Å². The number of hydrogen-bond acceptors (Lipinski definition) is 3. The molecule has 0 heterocycles. The Bertz CT molecular complexity index is 593. The third-order valence-corrected chi connectivity index (χ3v) is 3.17. The number of rotatable bonds is 4. The number of carboxylic acids is 1. The van der Waals surface area contributed by atoms with Gasteiger partial charge in [-0.1, -0.05) is 0 Å². The average molecular weight is 370 g/mol. The lowest BCUT2D eigenvalue weighted by molar-refractivity contribution is 0.0693. The van der Waals surface area contributed by atoms with Gasteiger partial charge in [-0.05, 0) is 65.1 Å². The summed E-state index contributed by atoms with van der Waals surface area (Å²) in [6.07, 6.45) is 0. The maximum Gasteiger partial charge on any atom is 0.339 e. The van der Waals surface area contributed by atoms with Gasteiger partial charge in [-0.25, -0.2) is 4.79 Å². The Balaban J connectivity index is 2.28. The van der Waals surface area contributed by atoms with Gasteiger partial charge >= 0.3 is 5.97 Å². The number of carbonyl (C=O) groups is 1. The molecule has 0 unspecified atom stereocenters. The van der Waals surface area contributed by atoms with Gasteiger partial charge in [0.1, 0.15) is 22.8 Å². The molecule has 2 aromatic carbocycles. The Hall–Kier alpha value is -1.76. The highest BCUT2D eigenvalue weighted by Gasteiger charge is 2.12. The van der Waals surface area contributed by atoms with Crippen LogP contribution < -0.4 is 9.47 Å². The molecule has 0 spiro atoms. The molecule has 0 bridgehead atoms. The molecule has 0 aliphatic heterocycles. The minimum Gasteiger partial charge on any atom is -0.496 e. The Labute approximate surface area is 124 Å². The number of hydrogen-bond donors (Lipinski definition) is 1. The van der Waals surface area contributed by atoms with Crippen LogP contribution in [0.5, 0.6) is 17.2 Å². The highest BCUT2D eigenvalue weighted by atomic mass is 127. The fraction of sp³-hybridized carbons (Fsp3) is 0.0714. The molecule has 19 heavy (non-hydrogen) atoms. The molecule has 0 fully saturated rings. The number of halogens is 1. The van der Waals surface area contributed by atoms with Gasteiger partial charge in [-0.3, -0.25) is 0 Å². The molecule has 4 nitrogen and oxygen atoms in total. The van der Waals surface area contributed by atoms with Gasteiger partial charge < -0.3 is 14.6 Å². The van der Waals surface area contributed by atoms with E-state index in [0.29, 0.717) is 17.2 Å². The van der Waals surface area contributed by atoms with E-state index >= 15 is 0 Å². The Morgan fingerprint density at radius 1 is 1.11 bits per heavy atom. The van der Waals surface area contributed by atoms with Crippen LogP contribution >= 0.6 is 22.6 Å². The molecule has 2 aromatic rings. The minimum atomic E-state index is -1.05. The van der Waals surface area contributed by atoms with Crippen LogP contribution in [0.1, 0.15) is 10.4 Å². The van der Waals surface area contributed by atoms with E-state index in [1.165, 1.54) is 13.2 Å². The van der Waals surface area contributed by atoms with Crippen LogP contribution in [-0.4, -0.2) is 18.2 Å². The van der Waals surface area contributed by atoms with Crippen molar-refractivity contribution in [1.29, 1.82) is 0 Å². The minimum absolute atomic E-state index is 0.0745. The largest absolute Gasteiger partial charge is 0.496 e. The topological polar surface area (TPSA) is 55.8 Å². The summed E-state index contributed by atoms with van der Waals surface area (Å²) in [6, 6.07) is 12.2. The van der Waals surface area contributed by atoms with Crippen molar-refractivity contribution in [1.82, 2.24) is 0 Å². The van der Waals surface area contributed by atoms with Gasteiger partial charge in [-0.15, -0.1) is 0 Å². The van der Waals surface area contributed by atoms with E-state index in [2.05, 4.69) is 22.6 Å². The number of benzene rings is 2. The second kappa shape index (κ2) is 5.92. The summed E-state index contributed by atoms with van der Waals surface area (Å²) in [4.78, 5) is 11.1. The number of aromatic carboxylic acids is 1. The fourth-order valence-electron chi connectivity index (χ4n) is 1.56. The monoisotopic (exact) mass is 370 g/mol. The van der Waals surface area contributed by atoms with Crippen LogP contribution in [0.15, 0.2) is 42.5 Å². The predicted octanol–water partition coefficient (Wildman–Crippen LogP) is 3.79. The van der Waals surface area contributed by atoms with Gasteiger partial charge in [0.25, 0.3) is 0 Å². The SMILES string of the molecule is COc1ccc(Oc2ccc(I)cc2)cc1C(=O)O. The standard InChI is InChI=1S/C14H11IO4/c1-18-13-7-6-11(8-12(13)14(16)17)19-10-4-2-9(15)3-5-10/h2-8H,1H3,(H,16,17). The molecular weight excluding hydrogens is 359 g/mol. The Morgan fingerprint density at radius 2 is 1.74 bits per heavy atom. The highest BCUT2D eigenvalue weighted by molar-refractivity contribution is 14.1. The highest BCUT2D eigenvalue weighted by Crippen LogP contribution is 2.28. The van der Waals surface area contributed by atoms with Crippen molar-refractivity contribution in [3.8, 4) is 17.2 Å². The third-order valence-electron chi connectivity index (χ3n) is 2.45. The van der Waals surface area contributed by atoms with Gasteiger partial charge in [0.05, 0.1) is 7.11 Å². The smallest absolute Gasteiger partial charge is 0.339 e. The summed E-state index contributed by atoms with van der Waals surface area (Å²) in [7, 11) is 1.43. The van der Waals surface area contributed by atoms with Crippen LogP contribution in [0.2, 0.25) is 0 Å². The first-order valence-corrected chi connectivity index (χ1v) is 6.53. The third kappa shape index (κ3) is 3.37. The zero-order chi connectivity index (χ0) is 13.8. The molecule has 0 amide bonds. The summed E-state index contributed by atoms with van der Waals surface area (Å²) in [5.41, 5.74) is 0.0745. The Kier molecular flexibility index (Phi) is 4.26. The van der Waals surface area contributed by atoms with Gasteiger partial charge in [0.15, 0.2) is 0 Å². The molecule has 0 saturated carbocycles. The van der Waals surface area contributed by atoms with Crippen LogP contribution in [-0.2, 0) is 0 Å². The molecule has 0 radical (unpaired) electrons. The van der Waals surface area contributed by atoms with Crippen molar-refractivity contribution < 1.29 is 19.4 Å². The van der Waals surface area contributed by atoms with Gasteiger partial charge in [0.2, 0.25) is 0 Å². The van der Waals surface area contributed by atoms with Crippen LogP contribution in [0.3, 0.4) is 0 Å². The first-order chi connectivity index (χ1) is 9.10. The zero-order valence-electron chi connectivity index (χ0n) is 10.1. The van der Waals surface area contributed by atoms with E-state index in [4.69, 9.17) is 14.6 Å². The average Bonchev–Trinajstić information content (AvgIpc) is 2.41. The lowest BCUT2D eigenvalue weighted by atomic mass is 10.2. The Morgan fingerprint density at radius 3 is 2.32 bits per heavy atom. The molecule has 0 aromatic heterocycles. The molecule has 0 saturated heterocycles. The summed E-state index contributed by atoms with van der Waals surface area (Å²) >= 11 is 2.20. The van der Waals surface area contributed by atoms with Gasteiger partial charge in [0, 0.05) is 3.57 Å². The van der Waals surface area contributed by atoms with E-state index in [-0.39, 0.29) is 5.56 Å². The maximum absolute atomic E-state index is 11.1. The molecule has 98 valence electrons. The normalized spacial score (nSPS) is 10.0. The molecule has 0 aliphatic rings. The van der Waals surface area contributed by atoms with Gasteiger partial charge in [-0.2, -0.15) is 0 Å². The van der Waals surface area contributed by atoms with Crippen molar-refractivity contribution in [2.45, 2.75) is 0 Å². The second-order valence-corrected chi connectivity index (χ2v) is 4.97. The number of methoxy groups -OCH3 is 1. The molecule has 0 atom stereocenters. The summed E-state index contributed by atoms with van der Waals surface area (Å²) in [5.74, 6) is 0.369. The zero-order valence-corrected chi connectivity index (χ0v) is 12.2. The maximum atomic E-state index is 11.1. The summed E-state index contributed by atoms with van der Waals surface area (Å²) < 4.78 is 11.7.